The smallest absolute Gasteiger partial charge is 0.276 e. The maximum Gasteiger partial charge on any atom is 0.276 e. The molecule has 2 heterocycles. The number of carbonyl (C=O) groups excluding carboxylic acids is 1. The van der Waals surface area contributed by atoms with Crippen LogP contribution in [0.1, 0.15) is 24.3 Å². The van der Waals surface area contributed by atoms with Gasteiger partial charge in [0, 0.05) is 24.8 Å². The van der Waals surface area contributed by atoms with E-state index in [-0.39, 0.29) is 40.6 Å². The lowest BCUT2D eigenvalue weighted by Crippen LogP contribution is -2.23. The van der Waals surface area contributed by atoms with Gasteiger partial charge in [-0.1, -0.05) is 17.8 Å². The fourth-order valence-corrected chi connectivity index (χ4v) is 3.20. The Morgan fingerprint density at radius 1 is 1.42 bits per heavy atom. The molecule has 0 bridgehead atoms. The van der Waals surface area contributed by atoms with Gasteiger partial charge >= 0.3 is 0 Å². The third-order valence-corrected chi connectivity index (χ3v) is 4.42. The molecule has 0 unspecified atom stereocenters. The van der Waals surface area contributed by atoms with Crippen LogP contribution in [0.5, 0.6) is 0 Å². The molecule has 8 nitrogen and oxygen atoms in total. The number of aromatic nitrogens is 2. The highest BCUT2D eigenvalue weighted by Gasteiger charge is 2.23. The molecule has 1 aliphatic heterocycles. The van der Waals surface area contributed by atoms with Crippen LogP contribution in [-0.4, -0.2) is 32.5 Å². The second kappa shape index (κ2) is 6.95. The van der Waals surface area contributed by atoms with Crippen LogP contribution < -0.4 is 0 Å². The summed E-state index contributed by atoms with van der Waals surface area (Å²) in [5.74, 6) is -0.327. The zero-order chi connectivity index (χ0) is 17.1. The highest BCUT2D eigenvalue weighted by molar-refractivity contribution is 7.98. The topological polar surface area (TPSA) is 102 Å². The lowest BCUT2D eigenvalue weighted by molar-refractivity contribution is -0.385. The van der Waals surface area contributed by atoms with E-state index in [1.165, 1.54) is 18.2 Å². The van der Waals surface area contributed by atoms with Gasteiger partial charge in [-0.3, -0.25) is 14.9 Å². The molecule has 0 N–H and O–H groups in total. The molecule has 126 valence electrons. The number of rotatable bonds is 6. The zero-order valence-corrected chi connectivity index (χ0v) is 13.3. The number of carbonyl (C=O) groups is 1. The van der Waals surface area contributed by atoms with E-state index >= 15 is 0 Å². The minimum atomic E-state index is -0.654. The van der Waals surface area contributed by atoms with Crippen molar-refractivity contribution in [3.05, 3.63) is 45.6 Å². The summed E-state index contributed by atoms with van der Waals surface area (Å²) in [5.41, 5.74) is -0.313. The largest absolute Gasteiger partial charge is 0.414 e. The first-order chi connectivity index (χ1) is 11.5. The lowest BCUT2D eigenvalue weighted by atomic mass is 10.2. The Kier molecular flexibility index (Phi) is 4.74. The Balaban J connectivity index is 1.66. The molecule has 1 aromatic heterocycles. The number of halogens is 1. The number of hydrogen-bond acceptors (Lipinski definition) is 7. The van der Waals surface area contributed by atoms with Crippen molar-refractivity contribution >= 4 is 23.4 Å². The number of hydrogen-bond donors (Lipinski definition) is 0. The molecule has 24 heavy (non-hydrogen) atoms. The van der Waals surface area contributed by atoms with E-state index in [2.05, 4.69) is 10.2 Å². The standard InChI is InChI=1S/C14H13FN4O4S/c15-10-3-1-4-11(19(21)22)9(10)8-24-14-17-16-12(23-14)7-18-6-2-5-13(18)20/h1,3-4H,2,5-8H2. The fourth-order valence-electron chi connectivity index (χ4n) is 2.39. The van der Waals surface area contributed by atoms with Crippen LogP contribution in [0.25, 0.3) is 0 Å². The van der Waals surface area contributed by atoms with Gasteiger partial charge in [-0.25, -0.2) is 4.39 Å². The summed E-state index contributed by atoms with van der Waals surface area (Å²) in [6.07, 6.45) is 1.33. The summed E-state index contributed by atoms with van der Waals surface area (Å²) in [5, 5.41) is 18.8. The van der Waals surface area contributed by atoms with E-state index in [9.17, 15) is 19.3 Å². The van der Waals surface area contributed by atoms with E-state index in [0.717, 1.165) is 18.2 Å². The molecule has 3 rings (SSSR count). The van der Waals surface area contributed by atoms with E-state index in [1.54, 1.807) is 4.90 Å². The maximum atomic E-state index is 13.8. The summed E-state index contributed by atoms with van der Waals surface area (Å²) in [6, 6.07) is 3.71. The third-order valence-electron chi connectivity index (χ3n) is 3.58. The van der Waals surface area contributed by atoms with Gasteiger partial charge < -0.3 is 9.32 Å². The molecular weight excluding hydrogens is 339 g/mol. The predicted octanol–water partition coefficient (Wildman–Crippen LogP) is 2.53. The van der Waals surface area contributed by atoms with Crippen LogP contribution in [0.2, 0.25) is 0 Å². The van der Waals surface area contributed by atoms with Crippen molar-refractivity contribution in [2.45, 2.75) is 30.4 Å². The quantitative estimate of drug-likeness (QED) is 0.447. The van der Waals surface area contributed by atoms with E-state index in [4.69, 9.17) is 4.42 Å². The van der Waals surface area contributed by atoms with Crippen molar-refractivity contribution in [1.82, 2.24) is 15.1 Å². The molecule has 1 amide bonds. The summed E-state index contributed by atoms with van der Waals surface area (Å²) >= 11 is 1.01. The van der Waals surface area contributed by atoms with Crippen molar-refractivity contribution in [1.29, 1.82) is 0 Å². The van der Waals surface area contributed by atoms with Gasteiger partial charge in [0.2, 0.25) is 11.8 Å². The predicted molar refractivity (Wildman–Crippen MR) is 81.6 cm³/mol. The first kappa shape index (κ1) is 16.4. The Morgan fingerprint density at radius 3 is 2.96 bits per heavy atom. The summed E-state index contributed by atoms with van der Waals surface area (Å²) < 4.78 is 19.2. The Morgan fingerprint density at radius 2 is 2.25 bits per heavy atom. The summed E-state index contributed by atoms with van der Waals surface area (Å²) in [4.78, 5) is 23.5. The minimum Gasteiger partial charge on any atom is -0.414 e. The van der Waals surface area contributed by atoms with Gasteiger partial charge in [-0.05, 0) is 12.5 Å². The summed E-state index contributed by atoms with van der Waals surface area (Å²) in [7, 11) is 0. The molecule has 1 aliphatic rings. The van der Waals surface area contributed by atoms with Crippen molar-refractivity contribution < 1.29 is 18.5 Å². The molecular formula is C14H13FN4O4S. The number of nitrogens with zero attached hydrogens (tertiary/aromatic N) is 4. The Hall–Kier alpha value is -2.49. The SMILES string of the molecule is O=C1CCCN1Cc1nnc(SCc2c(F)cccc2[N+](=O)[O-])o1. The van der Waals surface area contributed by atoms with Crippen molar-refractivity contribution in [2.75, 3.05) is 6.54 Å². The first-order valence-corrected chi connectivity index (χ1v) is 8.18. The van der Waals surface area contributed by atoms with Gasteiger partial charge in [0.1, 0.15) is 5.82 Å². The molecule has 1 fully saturated rings. The molecule has 1 saturated heterocycles. The molecule has 0 aliphatic carbocycles. The molecule has 0 radical (unpaired) electrons. The number of nitro groups is 1. The second-order valence-electron chi connectivity index (χ2n) is 5.16. The average molecular weight is 352 g/mol. The van der Waals surface area contributed by atoms with Crippen molar-refractivity contribution in [2.24, 2.45) is 0 Å². The van der Waals surface area contributed by atoms with Gasteiger partial charge in [0.25, 0.3) is 10.9 Å². The molecule has 1 aromatic carbocycles. The maximum absolute atomic E-state index is 13.8. The van der Waals surface area contributed by atoms with Gasteiger partial charge in [0.05, 0.1) is 17.0 Å². The van der Waals surface area contributed by atoms with Crippen LogP contribution in [0.3, 0.4) is 0 Å². The van der Waals surface area contributed by atoms with E-state index < -0.39 is 10.7 Å². The second-order valence-corrected chi connectivity index (χ2v) is 6.09. The van der Waals surface area contributed by atoms with Gasteiger partial charge in [-0.2, -0.15) is 0 Å². The van der Waals surface area contributed by atoms with Crippen molar-refractivity contribution in [3.8, 4) is 0 Å². The molecule has 10 heteroatoms. The molecule has 0 atom stereocenters. The monoisotopic (exact) mass is 352 g/mol. The van der Waals surface area contributed by atoms with Crippen LogP contribution in [0.15, 0.2) is 27.8 Å². The minimum absolute atomic E-state index is 0.00668. The third kappa shape index (κ3) is 3.53. The van der Waals surface area contributed by atoms with Crippen LogP contribution >= 0.6 is 11.8 Å². The lowest BCUT2D eigenvalue weighted by Gasteiger charge is -2.11. The number of likely N-dealkylation sites (tertiary alicyclic amines) is 1. The van der Waals surface area contributed by atoms with Crippen molar-refractivity contribution in [3.63, 3.8) is 0 Å². The van der Waals surface area contributed by atoms with Crippen LogP contribution in [0.4, 0.5) is 10.1 Å². The van der Waals surface area contributed by atoms with Gasteiger partial charge in [-0.15, -0.1) is 10.2 Å². The van der Waals surface area contributed by atoms with E-state index in [1.807, 2.05) is 0 Å². The van der Waals surface area contributed by atoms with Gasteiger partial charge in [0.15, 0.2) is 0 Å². The normalized spacial score (nSPS) is 14.4. The number of benzene rings is 1. The fraction of sp³-hybridized carbons (Fsp3) is 0.357. The Bertz CT molecular complexity index is 782. The highest BCUT2D eigenvalue weighted by atomic mass is 32.2. The highest BCUT2D eigenvalue weighted by Crippen LogP contribution is 2.29. The Labute approximate surface area is 140 Å². The van der Waals surface area contributed by atoms with E-state index in [0.29, 0.717) is 13.0 Å². The first-order valence-electron chi connectivity index (χ1n) is 7.19. The van der Waals surface area contributed by atoms with Crippen LogP contribution in [0, 0.1) is 15.9 Å². The molecule has 0 saturated carbocycles. The average Bonchev–Trinajstić information content (AvgIpc) is 3.16. The molecule has 0 spiro atoms. The number of nitro benzene ring substituents is 1. The van der Waals surface area contributed by atoms with Crippen LogP contribution in [-0.2, 0) is 17.1 Å². The number of thioether (sulfide) groups is 1. The molecule has 2 aromatic rings. The summed E-state index contributed by atoms with van der Waals surface area (Å²) in [6.45, 7) is 0.900. The number of amides is 1. The zero-order valence-electron chi connectivity index (χ0n) is 12.5.